The van der Waals surface area contributed by atoms with E-state index >= 15 is 0 Å². The minimum absolute atomic E-state index is 0.573. The normalized spacial score (nSPS) is 15.3. The molecule has 3 aliphatic heterocycles. The maximum atomic E-state index is 6.85. The molecule has 0 unspecified atom stereocenters. The Morgan fingerprint density at radius 1 is 0.253 bits per heavy atom. The van der Waals surface area contributed by atoms with E-state index < -0.39 is 16.2 Å². The van der Waals surface area contributed by atoms with Crippen molar-refractivity contribution in [2.45, 2.75) is 26.0 Å². The molecule has 368 valence electrons. The van der Waals surface area contributed by atoms with Crippen LogP contribution in [0.2, 0.25) is 0 Å². The average molecular weight is 1020 g/mol. The summed E-state index contributed by atoms with van der Waals surface area (Å²) < 4.78 is 13.7. The van der Waals surface area contributed by atoms with E-state index in [1.807, 2.05) is 11.8 Å². The molecule has 0 bridgehead atoms. The number of nitrogens with zero attached hydrogens (tertiary/aromatic N) is 1. The van der Waals surface area contributed by atoms with Gasteiger partial charge in [-0.3, -0.25) is 0 Å². The molecule has 3 aliphatic carbocycles. The molecule has 0 N–H and O–H groups in total. The van der Waals surface area contributed by atoms with Crippen molar-refractivity contribution in [3.63, 3.8) is 0 Å². The van der Waals surface area contributed by atoms with Crippen molar-refractivity contribution >= 4 is 28.8 Å². The van der Waals surface area contributed by atoms with Crippen molar-refractivity contribution in [1.82, 2.24) is 0 Å². The van der Waals surface area contributed by atoms with Crippen molar-refractivity contribution in [3.8, 4) is 56.4 Å². The zero-order valence-corrected chi connectivity index (χ0v) is 43.5. The van der Waals surface area contributed by atoms with Crippen molar-refractivity contribution < 1.29 is 9.47 Å². The molecule has 12 aromatic carbocycles. The SMILES string of the molecule is c1ccc2c(c1)Oc1ccccc1C21c2ccccc2-c2ccc(N(c3ccc4c(c3)C3(c5ccccc5Sc5ccccc53)c3ccccc3-4)c3cccc4c3-c3ccccc3C43c4ccccc4Oc4ccccc43)cc21. The van der Waals surface area contributed by atoms with Crippen LogP contribution in [0.3, 0.4) is 0 Å². The van der Waals surface area contributed by atoms with Crippen molar-refractivity contribution in [3.05, 3.63) is 340 Å². The number of anilines is 3. The standard InChI is InChI=1S/C75H45NO2S/c1-4-23-53-48(20-1)50-42-40-46(44-63(50)74(53)58-28-9-15-36-68(58)78-69-37-16-10-29-59(69)74)76(47-41-43-51-49-21-2-5-24-54(49)75(64(51)45-47)60-30-11-17-38-70(60)79-71-39-18-12-31-61(71)75)65-33-19-32-62-72(65)52-22-3-6-25-55(52)73(62)56-26-7-13-34-66(56)77-67-35-14-8-27-57(67)73/h1-45H. The lowest BCUT2D eigenvalue weighted by molar-refractivity contribution is 0.436. The zero-order valence-electron chi connectivity index (χ0n) is 42.7. The Bertz CT molecular complexity index is 4310. The van der Waals surface area contributed by atoms with E-state index in [1.54, 1.807) is 0 Å². The number of fused-ring (bicyclic) bond motifs is 27. The van der Waals surface area contributed by atoms with Crippen molar-refractivity contribution in [1.29, 1.82) is 0 Å². The molecule has 3 heterocycles. The maximum absolute atomic E-state index is 6.85. The third-order valence-corrected chi connectivity index (χ3v) is 19.4. The topological polar surface area (TPSA) is 21.7 Å². The van der Waals surface area contributed by atoms with Crippen molar-refractivity contribution in [2.24, 2.45) is 0 Å². The average Bonchev–Trinajstić information content (AvgIpc) is 3.09. The van der Waals surface area contributed by atoms with E-state index in [1.165, 1.54) is 87.7 Å². The highest BCUT2D eigenvalue weighted by Crippen LogP contribution is 2.68. The number of hydrogen-bond donors (Lipinski definition) is 0. The fourth-order valence-corrected chi connectivity index (χ4v) is 16.7. The fraction of sp³-hybridized carbons (Fsp3) is 0.0400. The molecule has 79 heavy (non-hydrogen) atoms. The third kappa shape index (κ3) is 5.35. The summed E-state index contributed by atoms with van der Waals surface area (Å²) in [6.07, 6.45) is 0. The van der Waals surface area contributed by atoms with Gasteiger partial charge in [0, 0.05) is 49.0 Å². The molecular formula is C75H45NO2S. The van der Waals surface area contributed by atoms with Gasteiger partial charge < -0.3 is 14.4 Å². The number of rotatable bonds is 3. The lowest BCUT2D eigenvalue weighted by Crippen LogP contribution is -2.32. The highest BCUT2D eigenvalue weighted by molar-refractivity contribution is 7.99. The summed E-state index contributed by atoms with van der Waals surface area (Å²) in [6, 6.07) is 102. The lowest BCUT2D eigenvalue weighted by atomic mass is 9.66. The Morgan fingerprint density at radius 2 is 0.582 bits per heavy atom. The van der Waals surface area contributed by atoms with Gasteiger partial charge in [-0.2, -0.15) is 0 Å². The van der Waals surface area contributed by atoms with Crippen LogP contribution in [-0.4, -0.2) is 0 Å². The van der Waals surface area contributed by atoms with Gasteiger partial charge in [0.1, 0.15) is 23.0 Å². The monoisotopic (exact) mass is 1020 g/mol. The Hall–Kier alpha value is -9.61. The molecule has 0 saturated heterocycles. The predicted octanol–water partition coefficient (Wildman–Crippen LogP) is 18.9. The van der Waals surface area contributed by atoms with Crippen LogP contribution in [0.5, 0.6) is 23.0 Å². The minimum Gasteiger partial charge on any atom is -0.457 e. The first-order valence-corrected chi connectivity index (χ1v) is 28.1. The summed E-state index contributed by atoms with van der Waals surface area (Å²) in [5, 5.41) is 0. The number of para-hydroxylation sites is 4. The number of ether oxygens (including phenoxy) is 2. The maximum Gasteiger partial charge on any atom is 0.132 e. The number of hydrogen-bond acceptors (Lipinski definition) is 4. The molecule has 0 atom stereocenters. The quantitative estimate of drug-likeness (QED) is 0.176. The molecule has 0 saturated carbocycles. The second-order valence-corrected chi connectivity index (χ2v) is 22.7. The summed E-state index contributed by atoms with van der Waals surface area (Å²) in [7, 11) is 0. The highest BCUT2D eigenvalue weighted by atomic mass is 32.2. The first-order valence-electron chi connectivity index (χ1n) is 27.3. The van der Waals surface area contributed by atoms with Gasteiger partial charge >= 0.3 is 0 Å². The second-order valence-electron chi connectivity index (χ2n) is 21.7. The van der Waals surface area contributed by atoms with E-state index in [9.17, 15) is 0 Å². The van der Waals surface area contributed by atoms with Crippen LogP contribution in [0.4, 0.5) is 17.1 Å². The second kappa shape index (κ2) is 15.8. The first kappa shape index (κ1) is 43.5. The summed E-state index contributed by atoms with van der Waals surface area (Å²) in [5.74, 6) is 3.50. The first-order chi connectivity index (χ1) is 39.2. The lowest BCUT2D eigenvalue weighted by Gasteiger charge is -2.40. The van der Waals surface area contributed by atoms with Gasteiger partial charge in [0.15, 0.2) is 0 Å². The molecule has 6 aliphatic rings. The third-order valence-electron chi connectivity index (χ3n) is 18.3. The Labute approximate surface area is 462 Å². The van der Waals surface area contributed by atoms with E-state index in [4.69, 9.17) is 9.47 Å². The Balaban J connectivity index is 0.964. The summed E-state index contributed by atoms with van der Waals surface area (Å²) in [6.45, 7) is 0. The van der Waals surface area contributed by atoms with Crippen LogP contribution in [0.15, 0.2) is 283 Å². The smallest absolute Gasteiger partial charge is 0.132 e. The van der Waals surface area contributed by atoms with E-state index in [-0.39, 0.29) is 0 Å². The van der Waals surface area contributed by atoms with Gasteiger partial charge in [-0.1, -0.05) is 218 Å². The molecule has 18 rings (SSSR count). The molecule has 0 amide bonds. The van der Waals surface area contributed by atoms with Crippen LogP contribution >= 0.6 is 11.8 Å². The number of benzene rings is 12. The van der Waals surface area contributed by atoms with Gasteiger partial charge in [-0.05, 0) is 139 Å². The van der Waals surface area contributed by atoms with Crippen LogP contribution in [0.1, 0.15) is 66.8 Å². The Morgan fingerprint density at radius 3 is 1.05 bits per heavy atom. The van der Waals surface area contributed by atoms with Gasteiger partial charge in [0.25, 0.3) is 0 Å². The molecule has 3 nitrogen and oxygen atoms in total. The molecule has 0 fully saturated rings. The summed E-state index contributed by atoms with van der Waals surface area (Å²) in [5.41, 5.74) is 23.5. The Kier molecular flexibility index (Phi) is 8.67. The van der Waals surface area contributed by atoms with Gasteiger partial charge in [-0.15, -0.1) is 0 Å². The molecule has 4 heteroatoms. The fourth-order valence-electron chi connectivity index (χ4n) is 15.5. The summed E-state index contributed by atoms with van der Waals surface area (Å²) in [4.78, 5) is 5.16. The molecular weight excluding hydrogens is 979 g/mol. The van der Waals surface area contributed by atoms with E-state index in [2.05, 4.69) is 278 Å². The highest BCUT2D eigenvalue weighted by Gasteiger charge is 2.55. The predicted molar refractivity (Wildman–Crippen MR) is 317 cm³/mol. The van der Waals surface area contributed by atoms with Crippen molar-refractivity contribution in [2.75, 3.05) is 4.90 Å². The van der Waals surface area contributed by atoms with E-state index in [0.29, 0.717) is 0 Å². The molecule has 0 aromatic heterocycles. The van der Waals surface area contributed by atoms with Gasteiger partial charge in [0.05, 0.1) is 21.9 Å². The largest absolute Gasteiger partial charge is 0.457 e. The van der Waals surface area contributed by atoms with Crippen LogP contribution in [0, 0.1) is 0 Å². The molecule has 12 aromatic rings. The minimum atomic E-state index is -0.666. The van der Waals surface area contributed by atoms with Crippen LogP contribution in [0.25, 0.3) is 33.4 Å². The van der Waals surface area contributed by atoms with Crippen LogP contribution < -0.4 is 14.4 Å². The molecule has 0 radical (unpaired) electrons. The van der Waals surface area contributed by atoms with E-state index in [0.717, 1.165) is 62.3 Å². The van der Waals surface area contributed by atoms with Gasteiger partial charge in [0.2, 0.25) is 0 Å². The van der Waals surface area contributed by atoms with Gasteiger partial charge in [-0.25, -0.2) is 0 Å². The zero-order chi connectivity index (χ0) is 51.6. The molecule has 3 spiro atoms. The van der Waals surface area contributed by atoms with Crippen LogP contribution in [-0.2, 0) is 16.2 Å². The summed E-state index contributed by atoms with van der Waals surface area (Å²) >= 11 is 1.88.